The van der Waals surface area contributed by atoms with Crippen LogP contribution in [-0.2, 0) is 17.8 Å². The van der Waals surface area contributed by atoms with Crippen LogP contribution in [-0.4, -0.2) is 33.3 Å². The molecule has 1 amide bonds. The average molecular weight is 590 g/mol. The Kier molecular flexibility index (Phi) is 13.6. The van der Waals surface area contributed by atoms with Gasteiger partial charge in [0.05, 0.1) is 19.2 Å². The van der Waals surface area contributed by atoms with Crippen molar-refractivity contribution in [3.8, 4) is 23.0 Å². The zero-order valence-electron chi connectivity index (χ0n) is 24.8. The Labute approximate surface area is 254 Å². The summed E-state index contributed by atoms with van der Waals surface area (Å²) in [6.07, 6.45) is 12.2. The molecule has 42 heavy (non-hydrogen) atoms. The molecule has 4 rings (SSSR count). The SMILES string of the molecule is CC.COc1cc(Cl)c(/C=C/C(=O)NCCc2ccc(OC)c(OCc3ccccc3)c2)cc1OCC1=CCCC=C1. The zero-order valence-corrected chi connectivity index (χ0v) is 25.6. The molecular weight excluding hydrogens is 550 g/mol. The molecule has 0 bridgehead atoms. The number of benzene rings is 3. The van der Waals surface area contributed by atoms with E-state index in [1.807, 2.05) is 62.4 Å². The van der Waals surface area contributed by atoms with Crippen molar-refractivity contribution in [2.75, 3.05) is 27.4 Å². The lowest BCUT2D eigenvalue weighted by molar-refractivity contribution is -0.116. The van der Waals surface area contributed by atoms with Crippen LogP contribution in [0.4, 0.5) is 0 Å². The number of halogens is 1. The van der Waals surface area contributed by atoms with Crippen LogP contribution < -0.4 is 24.3 Å². The molecule has 0 saturated heterocycles. The van der Waals surface area contributed by atoms with Crippen LogP contribution in [0.1, 0.15) is 43.4 Å². The van der Waals surface area contributed by atoms with Crippen LogP contribution >= 0.6 is 11.6 Å². The van der Waals surface area contributed by atoms with Gasteiger partial charge in [0.25, 0.3) is 0 Å². The summed E-state index contributed by atoms with van der Waals surface area (Å²) in [5.74, 6) is 2.22. The number of rotatable bonds is 13. The highest BCUT2D eigenvalue weighted by Crippen LogP contribution is 2.34. The van der Waals surface area contributed by atoms with Gasteiger partial charge >= 0.3 is 0 Å². The second-order valence-electron chi connectivity index (χ2n) is 9.21. The molecule has 6 nitrogen and oxygen atoms in total. The van der Waals surface area contributed by atoms with Gasteiger partial charge in [-0.3, -0.25) is 4.79 Å². The van der Waals surface area contributed by atoms with Gasteiger partial charge in [-0.2, -0.15) is 0 Å². The first-order valence-electron chi connectivity index (χ1n) is 14.2. The van der Waals surface area contributed by atoms with E-state index in [9.17, 15) is 4.79 Å². The fourth-order valence-electron chi connectivity index (χ4n) is 4.17. The van der Waals surface area contributed by atoms with E-state index in [4.69, 9.17) is 30.5 Å². The highest BCUT2D eigenvalue weighted by atomic mass is 35.5. The summed E-state index contributed by atoms with van der Waals surface area (Å²) in [4.78, 5) is 12.5. The van der Waals surface area contributed by atoms with Gasteiger partial charge in [-0.15, -0.1) is 0 Å². The van der Waals surface area contributed by atoms with E-state index < -0.39 is 0 Å². The summed E-state index contributed by atoms with van der Waals surface area (Å²) in [5.41, 5.74) is 3.88. The first kappa shape index (κ1) is 32.4. The van der Waals surface area contributed by atoms with Gasteiger partial charge in [0.2, 0.25) is 5.91 Å². The van der Waals surface area contributed by atoms with Crippen molar-refractivity contribution in [3.63, 3.8) is 0 Å². The summed E-state index contributed by atoms with van der Waals surface area (Å²) >= 11 is 6.44. The molecule has 0 fully saturated rings. The third-order valence-electron chi connectivity index (χ3n) is 6.34. The van der Waals surface area contributed by atoms with Crippen LogP contribution in [0.2, 0.25) is 5.02 Å². The fraction of sp³-hybridized carbons (Fsp3) is 0.286. The van der Waals surface area contributed by atoms with Crippen molar-refractivity contribution in [2.24, 2.45) is 0 Å². The molecule has 1 aliphatic rings. The summed E-state index contributed by atoms with van der Waals surface area (Å²) < 4.78 is 22.9. The Hall–Kier alpha value is -4.16. The molecule has 0 saturated carbocycles. The van der Waals surface area contributed by atoms with Crippen molar-refractivity contribution in [1.82, 2.24) is 5.32 Å². The predicted molar refractivity (Wildman–Crippen MR) is 171 cm³/mol. The van der Waals surface area contributed by atoms with Crippen LogP contribution in [0.25, 0.3) is 6.08 Å². The number of ether oxygens (including phenoxy) is 4. The van der Waals surface area contributed by atoms with Crippen molar-refractivity contribution in [2.45, 2.75) is 39.7 Å². The zero-order chi connectivity index (χ0) is 30.2. The second-order valence-corrected chi connectivity index (χ2v) is 9.61. The maximum atomic E-state index is 12.5. The van der Waals surface area contributed by atoms with Crippen LogP contribution in [0, 0.1) is 0 Å². The molecule has 3 aromatic rings. The summed E-state index contributed by atoms with van der Waals surface area (Å²) in [6.45, 7) is 5.33. The highest BCUT2D eigenvalue weighted by Gasteiger charge is 2.11. The standard InChI is InChI=1S/C33H34ClNO5.C2H6/c1-37-29-15-13-24(19-31(29)39-22-25-9-5-3-6-10-25)17-18-35-33(36)16-14-27-20-32(30(38-2)21-28(27)34)40-23-26-11-7-4-8-12-26;1-2/h3,5-7,9-16,19-21H,4,8,17-18,22-23H2,1-2H3,(H,35,36);1-2H3/b16-14+;. The molecule has 0 aromatic heterocycles. The van der Waals surface area contributed by atoms with Gasteiger partial charge in [0, 0.05) is 18.7 Å². The number of carbonyl (C=O) groups is 1. The molecule has 222 valence electrons. The molecule has 0 atom stereocenters. The van der Waals surface area contributed by atoms with Crippen LogP contribution in [0.15, 0.2) is 90.5 Å². The molecule has 0 spiro atoms. The van der Waals surface area contributed by atoms with Gasteiger partial charge in [0.1, 0.15) is 13.2 Å². The third kappa shape index (κ3) is 10.0. The smallest absolute Gasteiger partial charge is 0.244 e. The van der Waals surface area contributed by atoms with E-state index in [0.717, 1.165) is 29.5 Å². The Morgan fingerprint density at radius 2 is 1.60 bits per heavy atom. The first-order chi connectivity index (χ1) is 20.6. The maximum Gasteiger partial charge on any atom is 0.244 e. The lowest BCUT2D eigenvalue weighted by atomic mass is 10.1. The second kappa shape index (κ2) is 17.6. The van der Waals surface area contributed by atoms with Gasteiger partial charge < -0.3 is 24.3 Å². The number of methoxy groups -OCH3 is 2. The topological polar surface area (TPSA) is 66.0 Å². The molecule has 0 aliphatic heterocycles. The fourth-order valence-corrected chi connectivity index (χ4v) is 4.38. The van der Waals surface area contributed by atoms with E-state index in [1.165, 1.54) is 6.08 Å². The minimum Gasteiger partial charge on any atom is -0.493 e. The largest absolute Gasteiger partial charge is 0.493 e. The van der Waals surface area contributed by atoms with Crippen molar-refractivity contribution in [1.29, 1.82) is 0 Å². The Morgan fingerprint density at radius 3 is 2.31 bits per heavy atom. The predicted octanol–water partition coefficient (Wildman–Crippen LogP) is 7.99. The van der Waals surface area contributed by atoms with Gasteiger partial charge in [-0.25, -0.2) is 0 Å². The molecule has 0 unspecified atom stereocenters. The highest BCUT2D eigenvalue weighted by molar-refractivity contribution is 6.32. The molecular formula is C35H40ClNO5. The number of allylic oxidation sites excluding steroid dienone is 2. The summed E-state index contributed by atoms with van der Waals surface area (Å²) in [7, 11) is 3.19. The number of amides is 1. The lowest BCUT2D eigenvalue weighted by Crippen LogP contribution is -2.23. The normalized spacial score (nSPS) is 12.2. The number of carbonyl (C=O) groups excluding carboxylic acids is 1. The van der Waals surface area contributed by atoms with E-state index in [2.05, 4.69) is 23.5 Å². The molecule has 1 N–H and O–H groups in total. The number of nitrogens with one attached hydrogen (secondary N) is 1. The van der Waals surface area contributed by atoms with E-state index >= 15 is 0 Å². The van der Waals surface area contributed by atoms with E-state index in [1.54, 1.807) is 32.4 Å². The van der Waals surface area contributed by atoms with Gasteiger partial charge in [-0.1, -0.05) is 80.1 Å². The minimum absolute atomic E-state index is 0.221. The summed E-state index contributed by atoms with van der Waals surface area (Å²) in [5, 5.41) is 3.38. The third-order valence-corrected chi connectivity index (χ3v) is 6.67. The van der Waals surface area contributed by atoms with Crippen LogP contribution in [0.3, 0.4) is 0 Å². The van der Waals surface area contributed by atoms with Gasteiger partial charge in [0.15, 0.2) is 23.0 Å². The molecule has 1 aliphatic carbocycles. The van der Waals surface area contributed by atoms with Crippen molar-refractivity contribution >= 4 is 23.6 Å². The quantitative estimate of drug-likeness (QED) is 0.205. The summed E-state index contributed by atoms with van der Waals surface area (Å²) in [6, 6.07) is 19.2. The maximum absolute atomic E-state index is 12.5. The molecule has 3 aromatic carbocycles. The van der Waals surface area contributed by atoms with Crippen molar-refractivity contribution < 1.29 is 23.7 Å². The van der Waals surface area contributed by atoms with Gasteiger partial charge in [-0.05, 0) is 65.8 Å². The molecule has 7 heteroatoms. The number of hydrogen-bond acceptors (Lipinski definition) is 5. The minimum atomic E-state index is -0.221. The Balaban J connectivity index is 0.00000237. The molecule has 0 heterocycles. The monoisotopic (exact) mass is 589 g/mol. The Bertz CT molecular complexity index is 1380. The number of hydrogen-bond donors (Lipinski definition) is 1. The van der Waals surface area contributed by atoms with Crippen molar-refractivity contribution in [3.05, 3.63) is 112 Å². The van der Waals surface area contributed by atoms with E-state index in [-0.39, 0.29) is 5.91 Å². The van der Waals surface area contributed by atoms with E-state index in [0.29, 0.717) is 59.8 Å². The molecule has 0 radical (unpaired) electrons. The average Bonchev–Trinajstić information content (AvgIpc) is 3.04. The Morgan fingerprint density at radius 1 is 0.857 bits per heavy atom. The van der Waals surface area contributed by atoms with Crippen LogP contribution in [0.5, 0.6) is 23.0 Å². The first-order valence-corrected chi connectivity index (χ1v) is 14.6. The lowest BCUT2D eigenvalue weighted by Gasteiger charge is -2.14.